The van der Waals surface area contributed by atoms with Crippen LogP contribution in [-0.2, 0) is 4.79 Å². The first-order chi connectivity index (χ1) is 14.2. The van der Waals surface area contributed by atoms with E-state index in [1.165, 1.54) is 0 Å². The summed E-state index contributed by atoms with van der Waals surface area (Å²) >= 11 is 0. The Kier molecular flexibility index (Phi) is 5.59. The number of fused-ring (bicyclic) bond motifs is 1. The molecule has 1 amide bonds. The Labute approximate surface area is 170 Å². The maximum Gasteiger partial charge on any atom is 0.237 e. The first-order valence-corrected chi connectivity index (χ1v) is 10.1. The number of rotatable bonds is 4. The Morgan fingerprint density at radius 1 is 1.14 bits per heavy atom. The maximum atomic E-state index is 12.5. The second-order valence-corrected chi connectivity index (χ2v) is 7.60. The van der Waals surface area contributed by atoms with E-state index in [9.17, 15) is 10.1 Å². The van der Waals surface area contributed by atoms with Crippen LogP contribution in [0.4, 0.5) is 0 Å². The third-order valence-corrected chi connectivity index (χ3v) is 5.72. The zero-order valence-electron chi connectivity index (χ0n) is 16.3. The molecule has 2 aliphatic heterocycles. The van der Waals surface area contributed by atoms with Crippen LogP contribution >= 0.6 is 0 Å². The van der Waals surface area contributed by atoms with Crippen molar-refractivity contribution in [3.05, 3.63) is 36.0 Å². The number of amides is 1. The molecule has 0 radical (unpaired) electrons. The molecule has 7 heteroatoms. The molecule has 3 heterocycles. The molecule has 0 N–H and O–H groups in total. The van der Waals surface area contributed by atoms with E-state index in [2.05, 4.69) is 22.0 Å². The van der Waals surface area contributed by atoms with Gasteiger partial charge in [0.2, 0.25) is 5.91 Å². The molecule has 4 rings (SSSR count). The van der Waals surface area contributed by atoms with Gasteiger partial charge in [-0.3, -0.25) is 9.69 Å². The zero-order chi connectivity index (χ0) is 20.2. The van der Waals surface area contributed by atoms with Gasteiger partial charge >= 0.3 is 0 Å². The molecule has 2 aliphatic rings. The third kappa shape index (κ3) is 4.16. The number of nitrogens with zero attached hydrogens (tertiary/aromatic N) is 5. The Morgan fingerprint density at radius 3 is 2.72 bits per heavy atom. The third-order valence-electron chi connectivity index (χ3n) is 5.72. The van der Waals surface area contributed by atoms with Gasteiger partial charge in [-0.15, -0.1) is 0 Å². The SMILES string of the molecule is N#Cc1ccc2c(OC3CCN(CC(=O)N4CCC[C@H]4C#N)CC3)cccc2n1. The van der Waals surface area contributed by atoms with E-state index in [-0.39, 0.29) is 18.1 Å². The molecule has 1 aromatic heterocycles. The summed E-state index contributed by atoms with van der Waals surface area (Å²) in [7, 11) is 0. The molecule has 0 saturated carbocycles. The summed E-state index contributed by atoms with van der Waals surface area (Å²) in [4.78, 5) is 20.7. The second-order valence-electron chi connectivity index (χ2n) is 7.60. The number of piperidine rings is 1. The van der Waals surface area contributed by atoms with Gasteiger partial charge in [0.05, 0.1) is 18.1 Å². The molecule has 7 nitrogen and oxygen atoms in total. The molecule has 0 spiro atoms. The van der Waals surface area contributed by atoms with Crippen LogP contribution in [0.3, 0.4) is 0 Å². The van der Waals surface area contributed by atoms with E-state index in [0.717, 1.165) is 55.4 Å². The number of likely N-dealkylation sites (tertiary alicyclic amines) is 2. The van der Waals surface area contributed by atoms with Crippen molar-refractivity contribution in [1.82, 2.24) is 14.8 Å². The Balaban J connectivity index is 1.34. The lowest BCUT2D eigenvalue weighted by molar-refractivity contribution is -0.132. The number of benzene rings is 1. The predicted octanol–water partition coefficient (Wildman–Crippen LogP) is 2.46. The van der Waals surface area contributed by atoms with E-state index in [4.69, 9.17) is 10.00 Å². The fourth-order valence-electron chi connectivity index (χ4n) is 4.14. The first kappa shape index (κ1) is 19.2. The highest BCUT2D eigenvalue weighted by Gasteiger charge is 2.30. The van der Waals surface area contributed by atoms with Gasteiger partial charge in [-0.1, -0.05) is 6.07 Å². The second kappa shape index (κ2) is 8.46. The average molecular weight is 389 g/mol. The molecule has 2 aromatic rings. The maximum absolute atomic E-state index is 12.5. The molecular weight excluding hydrogens is 366 g/mol. The normalized spacial score (nSPS) is 20.3. The number of nitriles is 2. The van der Waals surface area contributed by atoms with Crippen LogP contribution in [0.5, 0.6) is 5.75 Å². The summed E-state index contributed by atoms with van der Waals surface area (Å²) in [5.74, 6) is 0.838. The van der Waals surface area contributed by atoms with Crippen molar-refractivity contribution in [3.63, 3.8) is 0 Å². The molecule has 2 fully saturated rings. The minimum absolute atomic E-state index is 0.0573. The van der Waals surface area contributed by atoms with Crippen molar-refractivity contribution in [1.29, 1.82) is 10.5 Å². The van der Waals surface area contributed by atoms with Gasteiger partial charge in [0.15, 0.2) is 0 Å². The number of pyridine rings is 1. The smallest absolute Gasteiger partial charge is 0.237 e. The Hall–Kier alpha value is -3.16. The van der Waals surface area contributed by atoms with Crippen molar-refractivity contribution in [2.24, 2.45) is 0 Å². The minimum Gasteiger partial charge on any atom is -0.490 e. The molecular formula is C22H23N5O2. The minimum atomic E-state index is -0.259. The number of carbonyl (C=O) groups excluding carboxylic acids is 1. The van der Waals surface area contributed by atoms with Gasteiger partial charge in [0, 0.05) is 25.0 Å². The van der Waals surface area contributed by atoms with Gasteiger partial charge in [-0.25, -0.2) is 4.98 Å². The zero-order valence-corrected chi connectivity index (χ0v) is 16.3. The summed E-state index contributed by atoms with van der Waals surface area (Å²) in [6.07, 6.45) is 3.47. The van der Waals surface area contributed by atoms with Crippen LogP contribution in [0.2, 0.25) is 0 Å². The quantitative estimate of drug-likeness (QED) is 0.797. The predicted molar refractivity (Wildman–Crippen MR) is 107 cm³/mol. The van der Waals surface area contributed by atoms with Crippen LogP contribution in [0.1, 0.15) is 31.4 Å². The van der Waals surface area contributed by atoms with Crippen molar-refractivity contribution in [2.45, 2.75) is 37.8 Å². The van der Waals surface area contributed by atoms with Crippen LogP contribution < -0.4 is 4.74 Å². The number of carbonyl (C=O) groups is 1. The Bertz CT molecular complexity index is 985. The van der Waals surface area contributed by atoms with E-state index in [0.29, 0.717) is 18.8 Å². The fourth-order valence-corrected chi connectivity index (χ4v) is 4.14. The lowest BCUT2D eigenvalue weighted by Gasteiger charge is -2.33. The van der Waals surface area contributed by atoms with Crippen molar-refractivity contribution < 1.29 is 9.53 Å². The fraction of sp³-hybridized carbons (Fsp3) is 0.455. The lowest BCUT2D eigenvalue weighted by Crippen LogP contribution is -2.46. The van der Waals surface area contributed by atoms with Gasteiger partial charge in [0.25, 0.3) is 0 Å². The highest BCUT2D eigenvalue weighted by atomic mass is 16.5. The standard InChI is InChI=1S/C22H23N5O2/c23-13-16-6-7-19-20(25-16)4-1-5-21(19)29-18-8-11-26(12-9-18)15-22(28)27-10-2-3-17(27)14-24/h1,4-7,17-18H,2-3,8-12,15H2/t17-/m0/s1. The molecule has 148 valence electrons. The summed E-state index contributed by atoms with van der Waals surface area (Å²) in [6.45, 7) is 2.66. The van der Waals surface area contributed by atoms with E-state index < -0.39 is 0 Å². The molecule has 2 saturated heterocycles. The molecule has 29 heavy (non-hydrogen) atoms. The van der Waals surface area contributed by atoms with E-state index in [1.807, 2.05) is 24.3 Å². The summed E-state index contributed by atoms with van der Waals surface area (Å²) in [6, 6.07) is 13.3. The largest absolute Gasteiger partial charge is 0.490 e. The first-order valence-electron chi connectivity index (χ1n) is 10.1. The van der Waals surface area contributed by atoms with E-state index in [1.54, 1.807) is 11.0 Å². The average Bonchev–Trinajstić information content (AvgIpc) is 3.24. The number of ether oxygens (including phenoxy) is 1. The Morgan fingerprint density at radius 2 is 1.97 bits per heavy atom. The molecule has 0 aliphatic carbocycles. The lowest BCUT2D eigenvalue weighted by atomic mass is 10.1. The summed E-state index contributed by atoms with van der Waals surface area (Å²) in [5.41, 5.74) is 1.14. The van der Waals surface area contributed by atoms with Crippen molar-refractivity contribution in [2.75, 3.05) is 26.2 Å². The van der Waals surface area contributed by atoms with Crippen LogP contribution in [0.15, 0.2) is 30.3 Å². The van der Waals surface area contributed by atoms with Crippen molar-refractivity contribution >= 4 is 16.8 Å². The van der Waals surface area contributed by atoms with E-state index >= 15 is 0 Å². The number of hydrogen-bond acceptors (Lipinski definition) is 6. The van der Waals surface area contributed by atoms with Crippen molar-refractivity contribution in [3.8, 4) is 17.9 Å². The van der Waals surface area contributed by atoms with Crippen LogP contribution in [0.25, 0.3) is 10.9 Å². The number of aromatic nitrogens is 1. The molecule has 0 unspecified atom stereocenters. The molecule has 1 aromatic carbocycles. The molecule has 1 atom stereocenters. The van der Waals surface area contributed by atoms with Crippen LogP contribution in [-0.4, -0.2) is 59.0 Å². The van der Waals surface area contributed by atoms with Gasteiger partial charge < -0.3 is 9.64 Å². The topological polar surface area (TPSA) is 93.2 Å². The summed E-state index contributed by atoms with van der Waals surface area (Å²) in [5, 5.41) is 19.1. The summed E-state index contributed by atoms with van der Waals surface area (Å²) < 4.78 is 6.24. The molecule has 0 bridgehead atoms. The monoisotopic (exact) mass is 389 g/mol. The highest BCUT2D eigenvalue weighted by molar-refractivity contribution is 5.85. The van der Waals surface area contributed by atoms with Crippen LogP contribution in [0, 0.1) is 22.7 Å². The highest BCUT2D eigenvalue weighted by Crippen LogP contribution is 2.27. The van der Waals surface area contributed by atoms with Gasteiger partial charge in [0.1, 0.15) is 29.7 Å². The number of hydrogen-bond donors (Lipinski definition) is 0. The van der Waals surface area contributed by atoms with Gasteiger partial charge in [-0.2, -0.15) is 10.5 Å². The van der Waals surface area contributed by atoms with Gasteiger partial charge in [-0.05, 0) is 49.9 Å².